The van der Waals surface area contributed by atoms with E-state index in [1.807, 2.05) is 0 Å². The zero-order chi connectivity index (χ0) is 9.35. The monoisotopic (exact) mass is 170 g/mol. The van der Waals surface area contributed by atoms with Crippen LogP contribution in [0.4, 0.5) is 0 Å². The molecule has 1 rings (SSSR count). The van der Waals surface area contributed by atoms with Gasteiger partial charge >= 0.3 is 0 Å². The van der Waals surface area contributed by atoms with Crippen molar-refractivity contribution in [2.24, 2.45) is 28.7 Å². The van der Waals surface area contributed by atoms with Crippen LogP contribution in [0.25, 0.3) is 0 Å². The molecule has 0 bridgehead atoms. The third kappa shape index (κ3) is 1.50. The second-order valence-corrected chi connectivity index (χ2v) is 4.82. The maximum Gasteiger partial charge on any atom is 0.00936 e. The molecule has 0 saturated heterocycles. The predicted molar refractivity (Wildman–Crippen MR) is 52.7 cm³/mol. The molecule has 0 amide bonds. The van der Waals surface area contributed by atoms with Gasteiger partial charge in [-0.2, -0.15) is 0 Å². The number of hydrogen-bond donors (Lipinski definition) is 2. The smallest absolute Gasteiger partial charge is 0.00936 e. The Morgan fingerprint density at radius 2 is 1.92 bits per heavy atom. The maximum atomic E-state index is 6.09. The Kier molecular flexibility index (Phi) is 2.79. The van der Waals surface area contributed by atoms with E-state index in [0.717, 1.165) is 18.9 Å². The largest absolute Gasteiger partial charge is 0.330 e. The van der Waals surface area contributed by atoms with Crippen molar-refractivity contribution < 1.29 is 0 Å². The lowest BCUT2D eigenvalue weighted by Crippen LogP contribution is -2.51. The van der Waals surface area contributed by atoms with Crippen LogP contribution >= 0.6 is 0 Å². The molecule has 1 aliphatic carbocycles. The van der Waals surface area contributed by atoms with Gasteiger partial charge in [0, 0.05) is 6.04 Å². The zero-order valence-corrected chi connectivity index (χ0v) is 8.51. The molecular weight excluding hydrogens is 148 g/mol. The molecule has 1 fully saturated rings. The van der Waals surface area contributed by atoms with Gasteiger partial charge in [-0.3, -0.25) is 0 Å². The van der Waals surface area contributed by atoms with Gasteiger partial charge in [-0.25, -0.2) is 0 Å². The van der Waals surface area contributed by atoms with Gasteiger partial charge in [-0.05, 0) is 36.6 Å². The summed E-state index contributed by atoms with van der Waals surface area (Å²) in [5.41, 5.74) is 12.1. The van der Waals surface area contributed by atoms with E-state index in [2.05, 4.69) is 20.8 Å². The normalized spacial score (nSPS) is 41.2. The first-order chi connectivity index (χ1) is 5.50. The highest BCUT2D eigenvalue weighted by atomic mass is 14.7. The molecule has 0 radical (unpaired) electrons. The van der Waals surface area contributed by atoms with Crippen LogP contribution < -0.4 is 11.5 Å². The van der Waals surface area contributed by atoms with Crippen LogP contribution in [0.2, 0.25) is 0 Å². The Morgan fingerprint density at radius 1 is 1.33 bits per heavy atom. The SMILES string of the molecule is CC1CCC(N)C(C)(C)C1CN. The highest BCUT2D eigenvalue weighted by Crippen LogP contribution is 2.42. The van der Waals surface area contributed by atoms with Crippen molar-refractivity contribution in [1.82, 2.24) is 0 Å². The van der Waals surface area contributed by atoms with Crippen LogP contribution in [0.1, 0.15) is 33.6 Å². The first-order valence-corrected chi connectivity index (χ1v) is 4.95. The van der Waals surface area contributed by atoms with E-state index in [4.69, 9.17) is 11.5 Å². The predicted octanol–water partition coefficient (Wildman–Crippen LogP) is 1.34. The van der Waals surface area contributed by atoms with Gasteiger partial charge in [0.05, 0.1) is 0 Å². The minimum Gasteiger partial charge on any atom is -0.330 e. The molecule has 3 unspecified atom stereocenters. The Labute approximate surface area is 75.7 Å². The molecule has 0 aliphatic heterocycles. The minimum absolute atomic E-state index is 0.229. The number of rotatable bonds is 1. The average Bonchev–Trinajstić information content (AvgIpc) is 1.98. The number of hydrogen-bond acceptors (Lipinski definition) is 2. The number of nitrogens with two attached hydrogens (primary N) is 2. The van der Waals surface area contributed by atoms with Crippen molar-refractivity contribution in [3.63, 3.8) is 0 Å². The van der Waals surface area contributed by atoms with E-state index in [-0.39, 0.29) is 5.41 Å². The first kappa shape index (κ1) is 10.0. The molecule has 2 nitrogen and oxygen atoms in total. The van der Waals surface area contributed by atoms with Crippen molar-refractivity contribution in [2.75, 3.05) is 6.54 Å². The van der Waals surface area contributed by atoms with Crippen molar-refractivity contribution in [3.05, 3.63) is 0 Å². The summed E-state index contributed by atoms with van der Waals surface area (Å²) < 4.78 is 0. The van der Waals surface area contributed by atoms with E-state index in [1.54, 1.807) is 0 Å². The van der Waals surface area contributed by atoms with E-state index in [0.29, 0.717) is 12.0 Å². The van der Waals surface area contributed by atoms with Crippen LogP contribution in [0.5, 0.6) is 0 Å². The molecule has 0 aromatic heterocycles. The van der Waals surface area contributed by atoms with Crippen molar-refractivity contribution in [2.45, 2.75) is 39.7 Å². The second-order valence-electron chi connectivity index (χ2n) is 4.82. The zero-order valence-electron chi connectivity index (χ0n) is 8.51. The maximum absolute atomic E-state index is 6.09. The molecule has 4 N–H and O–H groups in total. The van der Waals surface area contributed by atoms with Gasteiger partial charge in [-0.15, -0.1) is 0 Å². The lowest BCUT2D eigenvalue weighted by Gasteiger charge is -2.46. The van der Waals surface area contributed by atoms with Gasteiger partial charge in [0.25, 0.3) is 0 Å². The Morgan fingerprint density at radius 3 is 2.33 bits per heavy atom. The molecule has 0 heterocycles. The fourth-order valence-corrected chi connectivity index (χ4v) is 2.56. The topological polar surface area (TPSA) is 52.0 Å². The van der Waals surface area contributed by atoms with Crippen LogP contribution in [-0.2, 0) is 0 Å². The molecular formula is C10H22N2. The van der Waals surface area contributed by atoms with Crippen LogP contribution in [0.15, 0.2) is 0 Å². The average molecular weight is 170 g/mol. The Hall–Kier alpha value is -0.0800. The molecule has 2 heteroatoms. The summed E-state index contributed by atoms with van der Waals surface area (Å²) in [4.78, 5) is 0. The van der Waals surface area contributed by atoms with Crippen LogP contribution in [0.3, 0.4) is 0 Å². The van der Waals surface area contributed by atoms with E-state index in [9.17, 15) is 0 Å². The van der Waals surface area contributed by atoms with Gasteiger partial charge in [0.15, 0.2) is 0 Å². The molecule has 0 spiro atoms. The second kappa shape index (κ2) is 3.35. The fraction of sp³-hybridized carbons (Fsp3) is 1.00. The summed E-state index contributed by atoms with van der Waals surface area (Å²) in [6.07, 6.45) is 2.40. The third-order valence-electron chi connectivity index (χ3n) is 3.79. The third-order valence-corrected chi connectivity index (χ3v) is 3.79. The molecule has 72 valence electrons. The summed E-state index contributed by atoms with van der Waals surface area (Å²) in [5.74, 6) is 1.34. The molecule has 0 aromatic rings. The standard InChI is InChI=1S/C10H22N2/c1-7-4-5-9(12)10(2,3)8(7)6-11/h7-9H,4-6,11-12H2,1-3H3. The summed E-state index contributed by atoms with van der Waals surface area (Å²) in [6, 6.07) is 0.335. The first-order valence-electron chi connectivity index (χ1n) is 4.95. The van der Waals surface area contributed by atoms with Crippen molar-refractivity contribution >= 4 is 0 Å². The van der Waals surface area contributed by atoms with Gasteiger partial charge in [0.1, 0.15) is 0 Å². The van der Waals surface area contributed by atoms with E-state index < -0.39 is 0 Å². The van der Waals surface area contributed by atoms with Gasteiger partial charge < -0.3 is 11.5 Å². The van der Waals surface area contributed by atoms with E-state index >= 15 is 0 Å². The lowest BCUT2D eigenvalue weighted by atomic mass is 9.62. The van der Waals surface area contributed by atoms with Gasteiger partial charge in [-0.1, -0.05) is 20.8 Å². The van der Waals surface area contributed by atoms with E-state index in [1.165, 1.54) is 6.42 Å². The van der Waals surface area contributed by atoms with Crippen molar-refractivity contribution in [3.8, 4) is 0 Å². The van der Waals surface area contributed by atoms with Gasteiger partial charge in [0.2, 0.25) is 0 Å². The van der Waals surface area contributed by atoms with Crippen LogP contribution in [-0.4, -0.2) is 12.6 Å². The fourth-order valence-electron chi connectivity index (χ4n) is 2.56. The highest BCUT2D eigenvalue weighted by Gasteiger charge is 2.40. The summed E-state index contributed by atoms with van der Waals surface area (Å²) in [6.45, 7) is 7.59. The molecule has 1 saturated carbocycles. The highest BCUT2D eigenvalue weighted by molar-refractivity contribution is 4.94. The quantitative estimate of drug-likeness (QED) is 0.624. The van der Waals surface area contributed by atoms with Crippen LogP contribution in [0, 0.1) is 17.3 Å². The molecule has 12 heavy (non-hydrogen) atoms. The Balaban J connectivity index is 2.76. The molecule has 3 atom stereocenters. The summed E-state index contributed by atoms with van der Waals surface area (Å²) in [5, 5.41) is 0. The van der Waals surface area contributed by atoms with Crippen molar-refractivity contribution in [1.29, 1.82) is 0 Å². The molecule has 1 aliphatic rings. The summed E-state index contributed by atoms with van der Waals surface area (Å²) >= 11 is 0. The molecule has 0 aromatic carbocycles. The Bertz CT molecular complexity index is 154. The minimum atomic E-state index is 0.229. The lowest BCUT2D eigenvalue weighted by molar-refractivity contribution is 0.0669. The summed E-state index contributed by atoms with van der Waals surface area (Å²) in [7, 11) is 0.